The monoisotopic (exact) mass is 420 g/mol. The molecule has 0 saturated carbocycles. The van der Waals surface area contributed by atoms with E-state index in [1.54, 1.807) is 7.11 Å². The number of aliphatic hydroxyl groups excluding tert-OH is 1. The number of hydrogen-bond acceptors (Lipinski definition) is 2. The Bertz CT molecular complexity index is 502. The molecular formula is C27H50NO2+. The number of aliphatic hydroxyl groups is 1. The molecule has 0 amide bonds. The van der Waals surface area contributed by atoms with Crippen molar-refractivity contribution in [2.45, 2.75) is 103 Å². The van der Waals surface area contributed by atoms with Crippen LogP contribution in [0.4, 0.5) is 0 Å². The average molecular weight is 421 g/mol. The van der Waals surface area contributed by atoms with E-state index in [2.05, 4.69) is 26.1 Å². The van der Waals surface area contributed by atoms with Gasteiger partial charge in [-0.25, -0.2) is 0 Å². The molecule has 0 aliphatic heterocycles. The zero-order valence-corrected chi connectivity index (χ0v) is 20.3. The van der Waals surface area contributed by atoms with Crippen molar-refractivity contribution >= 4 is 0 Å². The maximum Gasteiger partial charge on any atom is 0.118 e. The molecule has 1 aromatic carbocycles. The molecule has 0 spiro atoms. The van der Waals surface area contributed by atoms with E-state index in [4.69, 9.17) is 4.74 Å². The summed E-state index contributed by atoms with van der Waals surface area (Å²) in [6.45, 7) is 5.48. The maximum absolute atomic E-state index is 9.54. The highest BCUT2D eigenvalue weighted by Gasteiger charge is 2.21. The molecule has 0 aliphatic rings. The highest BCUT2D eigenvalue weighted by atomic mass is 16.5. The Labute approximate surface area is 187 Å². The van der Waals surface area contributed by atoms with Gasteiger partial charge < -0.3 is 14.3 Å². The molecule has 0 heterocycles. The molecular weight excluding hydrogens is 370 g/mol. The van der Waals surface area contributed by atoms with Gasteiger partial charge >= 0.3 is 0 Å². The molecule has 1 aromatic rings. The van der Waals surface area contributed by atoms with Gasteiger partial charge in [-0.1, -0.05) is 84.0 Å². The smallest absolute Gasteiger partial charge is 0.118 e. The summed E-state index contributed by atoms with van der Waals surface area (Å²) in [6.07, 6.45) is 19.6. The summed E-state index contributed by atoms with van der Waals surface area (Å²) in [6, 6.07) is 8.37. The van der Waals surface area contributed by atoms with Crippen LogP contribution < -0.4 is 4.74 Å². The van der Waals surface area contributed by atoms with Gasteiger partial charge in [0.2, 0.25) is 0 Å². The average Bonchev–Trinajstić information content (AvgIpc) is 2.74. The molecule has 174 valence electrons. The van der Waals surface area contributed by atoms with Gasteiger partial charge in [0, 0.05) is 5.56 Å². The summed E-state index contributed by atoms with van der Waals surface area (Å²) in [5.74, 6) is 0.905. The molecule has 0 aliphatic carbocycles. The van der Waals surface area contributed by atoms with E-state index >= 15 is 0 Å². The predicted octanol–water partition coefficient (Wildman–Crippen LogP) is 7.12. The number of benzene rings is 1. The number of nitrogens with zero attached hydrogens (tertiary/aromatic N) is 1. The highest BCUT2D eigenvalue weighted by molar-refractivity contribution is 5.26. The molecule has 30 heavy (non-hydrogen) atoms. The summed E-state index contributed by atoms with van der Waals surface area (Å²) >= 11 is 0. The second-order valence-electron chi connectivity index (χ2n) is 9.39. The summed E-state index contributed by atoms with van der Waals surface area (Å²) < 4.78 is 6.18. The van der Waals surface area contributed by atoms with Gasteiger partial charge in [0.25, 0.3) is 0 Å². The minimum absolute atomic E-state index is 0.255. The van der Waals surface area contributed by atoms with Gasteiger partial charge in [-0.15, -0.1) is 0 Å². The van der Waals surface area contributed by atoms with Crippen LogP contribution in [0.1, 0.15) is 102 Å². The zero-order valence-electron chi connectivity index (χ0n) is 20.3. The second-order valence-corrected chi connectivity index (χ2v) is 9.39. The first-order valence-electron chi connectivity index (χ1n) is 12.7. The molecule has 1 rings (SSSR count). The number of unbranched alkanes of at least 4 members (excludes halogenated alkanes) is 13. The normalized spacial score (nSPS) is 13.3. The molecule has 1 N–H and O–H groups in total. The largest absolute Gasteiger partial charge is 0.497 e. The Morgan fingerprint density at radius 2 is 1.17 bits per heavy atom. The molecule has 0 bridgehead atoms. The van der Waals surface area contributed by atoms with Crippen LogP contribution in [0.5, 0.6) is 5.75 Å². The summed E-state index contributed by atoms with van der Waals surface area (Å²) in [4.78, 5) is 0. The van der Waals surface area contributed by atoms with Gasteiger partial charge in [0.05, 0.1) is 27.3 Å². The summed E-state index contributed by atoms with van der Waals surface area (Å²) in [5.41, 5.74) is 1.32. The molecule has 1 unspecified atom stereocenters. The fourth-order valence-electron chi connectivity index (χ4n) is 4.37. The lowest BCUT2D eigenvalue weighted by molar-refractivity contribution is -0.923. The number of hydrogen-bond donors (Lipinski definition) is 1. The van der Waals surface area contributed by atoms with Crippen LogP contribution in [0.15, 0.2) is 24.3 Å². The first-order chi connectivity index (χ1) is 14.6. The molecule has 0 aromatic heterocycles. The maximum atomic E-state index is 9.54. The van der Waals surface area contributed by atoms with Crippen LogP contribution in [0.3, 0.4) is 0 Å². The third-order valence-corrected chi connectivity index (χ3v) is 6.41. The third kappa shape index (κ3) is 13.3. The Morgan fingerprint density at radius 3 is 1.60 bits per heavy atom. The number of quaternary nitrogens is 1. The Hall–Kier alpha value is -1.06. The fraction of sp³-hybridized carbons (Fsp3) is 0.778. The summed E-state index contributed by atoms with van der Waals surface area (Å²) in [5, 5.41) is 9.54. The second kappa shape index (κ2) is 17.6. The quantitative estimate of drug-likeness (QED) is 0.180. The van der Waals surface area contributed by atoms with Crippen LogP contribution in [0.25, 0.3) is 0 Å². The van der Waals surface area contributed by atoms with Crippen molar-refractivity contribution in [2.24, 2.45) is 0 Å². The number of rotatable bonds is 20. The van der Waals surface area contributed by atoms with Crippen molar-refractivity contribution in [3.63, 3.8) is 0 Å². The fourth-order valence-corrected chi connectivity index (χ4v) is 4.37. The van der Waals surface area contributed by atoms with Crippen LogP contribution in [-0.4, -0.2) is 43.4 Å². The van der Waals surface area contributed by atoms with Crippen molar-refractivity contribution in [1.82, 2.24) is 0 Å². The minimum atomic E-state index is 0.255. The molecule has 0 fully saturated rings. The Balaban J connectivity index is 2.08. The Kier molecular flexibility index (Phi) is 15.8. The lowest BCUT2D eigenvalue weighted by Gasteiger charge is -2.34. The standard InChI is InChI=1S/C27H50NO2/c1-4-5-6-7-8-9-10-11-12-13-14-15-16-17-22-28(2,23-24-29)25-26-18-20-27(30-3)21-19-26/h18-21,29H,4-17,22-25H2,1-3H3/q+1. The van der Waals surface area contributed by atoms with E-state index in [9.17, 15) is 5.11 Å². The number of ether oxygens (including phenoxy) is 1. The van der Waals surface area contributed by atoms with Crippen molar-refractivity contribution in [2.75, 3.05) is 33.9 Å². The van der Waals surface area contributed by atoms with Gasteiger partial charge in [-0.05, 0) is 37.1 Å². The van der Waals surface area contributed by atoms with E-state index < -0.39 is 0 Å². The first kappa shape index (κ1) is 27.0. The van der Waals surface area contributed by atoms with Crippen molar-refractivity contribution in [3.8, 4) is 5.75 Å². The van der Waals surface area contributed by atoms with E-state index in [0.717, 1.165) is 29.9 Å². The first-order valence-corrected chi connectivity index (χ1v) is 12.7. The topological polar surface area (TPSA) is 29.5 Å². The van der Waals surface area contributed by atoms with Crippen LogP contribution in [0, 0.1) is 0 Å². The van der Waals surface area contributed by atoms with Gasteiger partial charge in [-0.2, -0.15) is 0 Å². The molecule has 0 radical (unpaired) electrons. The Morgan fingerprint density at radius 1 is 0.700 bits per heavy atom. The SMILES string of the molecule is CCCCCCCCCCCCCCCC[N+](C)(CCO)Cc1ccc(OC)cc1. The van der Waals surface area contributed by atoms with Gasteiger partial charge in [-0.3, -0.25) is 0 Å². The van der Waals surface area contributed by atoms with Crippen molar-refractivity contribution < 1.29 is 14.3 Å². The van der Waals surface area contributed by atoms with Crippen molar-refractivity contribution in [3.05, 3.63) is 29.8 Å². The highest BCUT2D eigenvalue weighted by Crippen LogP contribution is 2.18. The third-order valence-electron chi connectivity index (χ3n) is 6.41. The molecule has 1 atom stereocenters. The number of methoxy groups -OCH3 is 1. The van der Waals surface area contributed by atoms with Crippen LogP contribution in [0.2, 0.25) is 0 Å². The predicted molar refractivity (Wildman–Crippen MR) is 130 cm³/mol. The molecule has 3 nitrogen and oxygen atoms in total. The van der Waals surface area contributed by atoms with Crippen molar-refractivity contribution in [1.29, 1.82) is 0 Å². The van der Waals surface area contributed by atoms with E-state index in [0.29, 0.717) is 0 Å². The zero-order chi connectivity index (χ0) is 21.9. The lowest BCUT2D eigenvalue weighted by Crippen LogP contribution is -2.46. The van der Waals surface area contributed by atoms with Crippen LogP contribution in [-0.2, 0) is 6.54 Å². The molecule has 0 saturated heterocycles. The number of likely N-dealkylation sites (N-methyl/N-ethyl adjacent to an activating group) is 1. The van der Waals surface area contributed by atoms with Gasteiger partial charge in [0.15, 0.2) is 0 Å². The van der Waals surface area contributed by atoms with Gasteiger partial charge in [0.1, 0.15) is 18.8 Å². The lowest BCUT2D eigenvalue weighted by atomic mass is 10.0. The van der Waals surface area contributed by atoms with E-state index in [1.165, 1.54) is 95.5 Å². The minimum Gasteiger partial charge on any atom is -0.497 e. The van der Waals surface area contributed by atoms with Crippen LogP contribution >= 0.6 is 0 Å². The summed E-state index contributed by atoms with van der Waals surface area (Å²) in [7, 11) is 3.99. The van der Waals surface area contributed by atoms with E-state index in [-0.39, 0.29) is 6.61 Å². The van der Waals surface area contributed by atoms with E-state index in [1.807, 2.05) is 12.1 Å². The molecule has 3 heteroatoms.